The van der Waals surface area contributed by atoms with Crippen molar-refractivity contribution in [1.29, 1.82) is 5.26 Å². The first-order valence-corrected chi connectivity index (χ1v) is 9.27. The monoisotopic (exact) mass is 411 g/mol. The van der Waals surface area contributed by atoms with Crippen LogP contribution < -0.4 is 4.74 Å². The smallest absolute Gasteiger partial charge is 0.157 e. The molecule has 0 aliphatic heterocycles. The largest absolute Gasteiger partial charge is 0.486 e. The first-order valence-electron chi connectivity index (χ1n) is 8.51. The van der Waals surface area contributed by atoms with Gasteiger partial charge in [0.05, 0.1) is 21.7 Å². The van der Waals surface area contributed by atoms with Crippen LogP contribution in [0.2, 0.25) is 10.0 Å². The second-order valence-corrected chi connectivity index (χ2v) is 7.09. The maximum atomic E-state index is 13.4. The second-order valence-electron chi connectivity index (χ2n) is 6.27. The van der Waals surface area contributed by atoms with Crippen LogP contribution in [0.4, 0.5) is 4.39 Å². The molecule has 0 spiro atoms. The lowest BCUT2D eigenvalue weighted by molar-refractivity contribution is 0.306. The zero-order valence-corrected chi connectivity index (χ0v) is 16.6. The van der Waals surface area contributed by atoms with Gasteiger partial charge in [-0.1, -0.05) is 65.2 Å². The fraction of sp³-hybridized carbons (Fsp3) is 0.0870. The molecule has 0 aliphatic rings. The topological polar surface area (TPSA) is 33.0 Å². The highest BCUT2D eigenvalue weighted by atomic mass is 35.5. The van der Waals surface area contributed by atoms with Crippen molar-refractivity contribution >= 4 is 34.9 Å². The van der Waals surface area contributed by atoms with E-state index < -0.39 is 5.82 Å². The van der Waals surface area contributed by atoms with E-state index in [0.717, 1.165) is 11.1 Å². The van der Waals surface area contributed by atoms with E-state index >= 15 is 0 Å². The van der Waals surface area contributed by atoms with Gasteiger partial charge in [-0.15, -0.1) is 0 Å². The molecule has 0 atom stereocenters. The third-order valence-corrected chi connectivity index (χ3v) is 4.61. The van der Waals surface area contributed by atoms with Gasteiger partial charge in [0.1, 0.15) is 12.4 Å². The standard InChI is InChI=1S/C23H16Cl2FNO/c1-15-4-2-5-16(8-15)14-28-23-21(24)10-17(11-22(23)25)9-19(13-27)18-6-3-7-20(26)12-18/h2-12H,14H2,1H3/b19-9-. The summed E-state index contributed by atoms with van der Waals surface area (Å²) in [4.78, 5) is 0. The van der Waals surface area contributed by atoms with Gasteiger partial charge in [-0.3, -0.25) is 0 Å². The highest BCUT2D eigenvalue weighted by Gasteiger charge is 2.11. The minimum atomic E-state index is -0.408. The van der Waals surface area contributed by atoms with E-state index in [0.29, 0.717) is 39.1 Å². The van der Waals surface area contributed by atoms with Crippen LogP contribution in [0.15, 0.2) is 60.7 Å². The zero-order valence-electron chi connectivity index (χ0n) is 15.0. The summed E-state index contributed by atoms with van der Waals surface area (Å²) in [5.41, 5.74) is 3.56. The average Bonchev–Trinajstić information content (AvgIpc) is 2.65. The molecule has 0 radical (unpaired) electrons. The Labute approximate surface area is 173 Å². The molecule has 0 aliphatic carbocycles. The first-order chi connectivity index (χ1) is 13.5. The Morgan fingerprint density at radius 2 is 1.79 bits per heavy atom. The van der Waals surface area contributed by atoms with Gasteiger partial charge in [-0.2, -0.15) is 5.26 Å². The van der Waals surface area contributed by atoms with E-state index in [1.165, 1.54) is 12.1 Å². The third-order valence-electron chi connectivity index (χ3n) is 4.05. The molecule has 0 bridgehead atoms. The molecule has 140 valence electrons. The Bertz CT molecular complexity index is 1060. The predicted molar refractivity (Wildman–Crippen MR) is 112 cm³/mol. The molecule has 3 aromatic carbocycles. The summed E-state index contributed by atoms with van der Waals surface area (Å²) >= 11 is 12.7. The van der Waals surface area contributed by atoms with Crippen molar-refractivity contribution in [3.63, 3.8) is 0 Å². The minimum Gasteiger partial charge on any atom is -0.486 e. The van der Waals surface area contributed by atoms with Crippen LogP contribution in [-0.4, -0.2) is 0 Å². The van der Waals surface area contributed by atoms with Crippen LogP contribution in [-0.2, 0) is 6.61 Å². The molecule has 0 unspecified atom stereocenters. The molecule has 5 heteroatoms. The number of benzene rings is 3. The fourth-order valence-corrected chi connectivity index (χ4v) is 3.37. The maximum absolute atomic E-state index is 13.4. The van der Waals surface area contributed by atoms with Crippen molar-refractivity contribution < 1.29 is 9.13 Å². The number of allylic oxidation sites excluding steroid dienone is 1. The van der Waals surface area contributed by atoms with Gasteiger partial charge in [0.15, 0.2) is 5.75 Å². The Morgan fingerprint density at radius 1 is 1.07 bits per heavy atom. The van der Waals surface area contributed by atoms with Gasteiger partial charge in [-0.05, 0) is 54.0 Å². The van der Waals surface area contributed by atoms with Crippen molar-refractivity contribution in [3.05, 3.63) is 98.8 Å². The Kier molecular flexibility index (Phi) is 6.36. The minimum absolute atomic E-state index is 0.306. The molecule has 0 fully saturated rings. The number of rotatable bonds is 5. The van der Waals surface area contributed by atoms with Gasteiger partial charge < -0.3 is 4.74 Å². The number of hydrogen-bond donors (Lipinski definition) is 0. The number of aryl methyl sites for hydroxylation is 1. The van der Waals surface area contributed by atoms with Gasteiger partial charge in [0, 0.05) is 0 Å². The van der Waals surface area contributed by atoms with Crippen LogP contribution >= 0.6 is 23.2 Å². The van der Waals surface area contributed by atoms with Gasteiger partial charge in [0.2, 0.25) is 0 Å². The maximum Gasteiger partial charge on any atom is 0.157 e. The molecule has 0 aromatic heterocycles. The van der Waals surface area contributed by atoms with Crippen LogP contribution in [0.1, 0.15) is 22.3 Å². The third kappa shape index (κ3) is 4.92. The Morgan fingerprint density at radius 3 is 2.43 bits per heavy atom. The average molecular weight is 412 g/mol. The quantitative estimate of drug-likeness (QED) is 0.331. The highest BCUT2D eigenvalue weighted by Crippen LogP contribution is 2.36. The van der Waals surface area contributed by atoms with E-state index in [9.17, 15) is 9.65 Å². The van der Waals surface area contributed by atoms with Gasteiger partial charge in [0.25, 0.3) is 0 Å². The fourth-order valence-electron chi connectivity index (χ4n) is 2.76. The molecule has 28 heavy (non-hydrogen) atoms. The lowest BCUT2D eigenvalue weighted by Gasteiger charge is -2.11. The zero-order chi connectivity index (χ0) is 20.1. The summed E-state index contributed by atoms with van der Waals surface area (Å²) in [5.74, 6) is -0.0270. The van der Waals surface area contributed by atoms with E-state index in [2.05, 4.69) is 6.07 Å². The summed E-state index contributed by atoms with van der Waals surface area (Å²) in [6, 6.07) is 19.2. The Balaban J connectivity index is 1.86. The molecule has 3 aromatic rings. The second kappa shape index (κ2) is 8.93. The van der Waals surface area contributed by atoms with Crippen LogP contribution in [0, 0.1) is 24.1 Å². The molecule has 0 amide bonds. The lowest BCUT2D eigenvalue weighted by atomic mass is 10.0. The highest BCUT2D eigenvalue weighted by molar-refractivity contribution is 6.37. The molecule has 0 N–H and O–H groups in total. The van der Waals surface area contributed by atoms with Crippen molar-refractivity contribution in [2.75, 3.05) is 0 Å². The Hall–Kier alpha value is -2.80. The normalized spacial score (nSPS) is 11.2. The molecule has 2 nitrogen and oxygen atoms in total. The number of hydrogen-bond acceptors (Lipinski definition) is 2. The summed E-state index contributed by atoms with van der Waals surface area (Å²) in [6.45, 7) is 2.35. The van der Waals surface area contributed by atoms with E-state index in [4.69, 9.17) is 27.9 Å². The number of nitrogens with zero attached hydrogens (tertiary/aromatic N) is 1. The van der Waals surface area contributed by atoms with Crippen LogP contribution in [0.25, 0.3) is 11.6 Å². The molecular formula is C23H16Cl2FNO. The molecular weight excluding hydrogens is 396 g/mol. The van der Waals surface area contributed by atoms with Crippen LogP contribution in [0.3, 0.4) is 0 Å². The summed E-state index contributed by atoms with van der Waals surface area (Å²) < 4.78 is 19.2. The van der Waals surface area contributed by atoms with Gasteiger partial charge >= 0.3 is 0 Å². The molecule has 3 rings (SSSR count). The van der Waals surface area contributed by atoms with Gasteiger partial charge in [-0.25, -0.2) is 4.39 Å². The van der Waals surface area contributed by atoms with E-state index in [1.54, 1.807) is 30.3 Å². The van der Waals surface area contributed by atoms with Crippen molar-refractivity contribution in [2.24, 2.45) is 0 Å². The van der Waals surface area contributed by atoms with Crippen molar-refractivity contribution in [2.45, 2.75) is 13.5 Å². The number of halogens is 3. The molecule has 0 saturated heterocycles. The summed E-state index contributed by atoms with van der Waals surface area (Å²) in [6.07, 6.45) is 1.61. The lowest BCUT2D eigenvalue weighted by Crippen LogP contribution is -1.97. The first kappa shape index (κ1) is 19.9. The van der Waals surface area contributed by atoms with Crippen molar-refractivity contribution in [1.82, 2.24) is 0 Å². The van der Waals surface area contributed by atoms with Crippen molar-refractivity contribution in [3.8, 4) is 11.8 Å². The number of nitriles is 1. The molecule has 0 heterocycles. The number of ether oxygens (including phenoxy) is 1. The van der Waals surface area contributed by atoms with Crippen LogP contribution in [0.5, 0.6) is 5.75 Å². The summed E-state index contributed by atoms with van der Waals surface area (Å²) in [7, 11) is 0. The predicted octanol–water partition coefficient (Wildman–Crippen LogP) is 7.08. The van der Waals surface area contributed by atoms with E-state index in [-0.39, 0.29) is 0 Å². The SMILES string of the molecule is Cc1cccc(COc2c(Cl)cc(/C=C(/C#N)c3cccc(F)c3)cc2Cl)c1. The van der Waals surface area contributed by atoms with E-state index in [1.807, 2.05) is 31.2 Å². The summed E-state index contributed by atoms with van der Waals surface area (Å²) in [5, 5.41) is 10.1. The molecule has 0 saturated carbocycles.